The van der Waals surface area contributed by atoms with Crippen molar-refractivity contribution in [2.75, 3.05) is 0 Å². The van der Waals surface area contributed by atoms with Gasteiger partial charge in [-0.3, -0.25) is 5.32 Å². The predicted molar refractivity (Wildman–Crippen MR) is 83.8 cm³/mol. The van der Waals surface area contributed by atoms with Crippen LogP contribution < -0.4 is 5.32 Å². The zero-order valence-corrected chi connectivity index (χ0v) is 14.5. The Labute approximate surface area is 136 Å². The van der Waals surface area contributed by atoms with Crippen molar-refractivity contribution in [3.05, 3.63) is 23.5 Å². The van der Waals surface area contributed by atoms with Crippen LogP contribution in [0.4, 0.5) is 0 Å². The highest BCUT2D eigenvalue weighted by atomic mass is 16.5. The Hall–Kier alpha value is -1.76. The molecule has 1 aliphatic rings. The molecule has 1 saturated carbocycles. The first-order chi connectivity index (χ1) is 10.8. The molecular formula is C16H25N5O2. The van der Waals surface area contributed by atoms with E-state index in [1.165, 1.54) is 6.42 Å². The maximum Gasteiger partial charge on any atom is 0.232 e. The first kappa shape index (κ1) is 16.1. The van der Waals surface area contributed by atoms with Gasteiger partial charge >= 0.3 is 0 Å². The standard InChI is InChI=1S/C16H25N5O2/c1-15(2,3)14-18-13(21-23-14)16(4,5)17-9-11-19-20-12(22-11)10-7-6-8-10/h10,17H,6-9H2,1-5H3. The largest absolute Gasteiger partial charge is 0.424 e. The third-order valence-corrected chi connectivity index (χ3v) is 4.25. The predicted octanol–water partition coefficient (Wildman–Crippen LogP) is 3.04. The average molecular weight is 319 g/mol. The molecule has 0 aromatic carbocycles. The molecule has 0 amide bonds. The summed E-state index contributed by atoms with van der Waals surface area (Å²) in [5.74, 6) is 3.07. The molecule has 0 radical (unpaired) electrons. The van der Waals surface area contributed by atoms with Crippen molar-refractivity contribution in [3.63, 3.8) is 0 Å². The molecule has 2 heterocycles. The molecule has 0 aliphatic heterocycles. The topological polar surface area (TPSA) is 89.9 Å². The Morgan fingerprint density at radius 2 is 1.87 bits per heavy atom. The summed E-state index contributed by atoms with van der Waals surface area (Å²) in [6, 6.07) is 0. The lowest BCUT2D eigenvalue weighted by molar-refractivity contribution is 0.292. The van der Waals surface area contributed by atoms with Gasteiger partial charge < -0.3 is 8.94 Å². The molecule has 3 rings (SSSR count). The number of nitrogens with one attached hydrogen (secondary N) is 1. The van der Waals surface area contributed by atoms with Gasteiger partial charge in [0.15, 0.2) is 5.82 Å². The van der Waals surface area contributed by atoms with E-state index in [9.17, 15) is 0 Å². The first-order valence-electron chi connectivity index (χ1n) is 8.18. The molecular weight excluding hydrogens is 294 g/mol. The summed E-state index contributed by atoms with van der Waals surface area (Å²) in [4.78, 5) is 4.51. The summed E-state index contributed by atoms with van der Waals surface area (Å²) in [7, 11) is 0. The van der Waals surface area contributed by atoms with E-state index in [1.807, 2.05) is 34.6 Å². The smallest absolute Gasteiger partial charge is 0.232 e. The van der Waals surface area contributed by atoms with Crippen molar-refractivity contribution in [2.45, 2.75) is 77.3 Å². The van der Waals surface area contributed by atoms with E-state index < -0.39 is 5.54 Å². The van der Waals surface area contributed by atoms with Gasteiger partial charge in [0.2, 0.25) is 17.7 Å². The van der Waals surface area contributed by atoms with Crippen LogP contribution in [0.15, 0.2) is 8.94 Å². The van der Waals surface area contributed by atoms with E-state index in [4.69, 9.17) is 8.94 Å². The third kappa shape index (κ3) is 3.44. The number of rotatable bonds is 5. The summed E-state index contributed by atoms with van der Waals surface area (Å²) in [5, 5.41) is 15.7. The van der Waals surface area contributed by atoms with Crippen LogP contribution in [0.3, 0.4) is 0 Å². The minimum atomic E-state index is -0.446. The average Bonchev–Trinajstić information content (AvgIpc) is 3.03. The molecule has 1 N–H and O–H groups in total. The molecule has 0 unspecified atom stereocenters. The van der Waals surface area contributed by atoms with Crippen molar-refractivity contribution in [2.24, 2.45) is 0 Å². The second-order valence-electron chi connectivity index (χ2n) is 7.81. The summed E-state index contributed by atoms with van der Waals surface area (Å²) in [6.07, 6.45) is 3.56. The van der Waals surface area contributed by atoms with Crippen LogP contribution >= 0.6 is 0 Å². The van der Waals surface area contributed by atoms with Crippen LogP contribution in [0.1, 0.15) is 83.3 Å². The van der Waals surface area contributed by atoms with Gasteiger partial charge in [-0.05, 0) is 26.7 Å². The van der Waals surface area contributed by atoms with Crippen molar-refractivity contribution >= 4 is 0 Å². The van der Waals surface area contributed by atoms with Crippen LogP contribution in [0.2, 0.25) is 0 Å². The summed E-state index contributed by atoms with van der Waals surface area (Å²) in [6.45, 7) is 10.6. The van der Waals surface area contributed by atoms with E-state index >= 15 is 0 Å². The highest BCUT2D eigenvalue weighted by molar-refractivity contribution is 5.06. The van der Waals surface area contributed by atoms with Crippen LogP contribution in [0.5, 0.6) is 0 Å². The monoisotopic (exact) mass is 319 g/mol. The summed E-state index contributed by atoms with van der Waals surface area (Å²) in [5.41, 5.74) is -0.608. The van der Waals surface area contributed by atoms with Crippen LogP contribution in [-0.4, -0.2) is 20.3 Å². The van der Waals surface area contributed by atoms with Gasteiger partial charge in [-0.25, -0.2) is 0 Å². The van der Waals surface area contributed by atoms with E-state index in [-0.39, 0.29) is 5.41 Å². The molecule has 7 heteroatoms. The van der Waals surface area contributed by atoms with Gasteiger partial charge in [0.1, 0.15) is 0 Å². The fourth-order valence-electron chi connectivity index (χ4n) is 2.32. The summed E-state index contributed by atoms with van der Waals surface area (Å²) >= 11 is 0. The van der Waals surface area contributed by atoms with Gasteiger partial charge in [0.05, 0.1) is 12.1 Å². The second kappa shape index (κ2) is 5.70. The number of aromatic nitrogens is 4. The molecule has 23 heavy (non-hydrogen) atoms. The molecule has 1 aliphatic carbocycles. The molecule has 2 aromatic rings. The first-order valence-corrected chi connectivity index (χ1v) is 8.18. The van der Waals surface area contributed by atoms with E-state index in [0.717, 1.165) is 18.7 Å². The maximum atomic E-state index is 5.73. The second-order valence-corrected chi connectivity index (χ2v) is 7.81. The molecule has 2 aromatic heterocycles. The molecule has 0 saturated heterocycles. The summed E-state index contributed by atoms with van der Waals surface area (Å²) < 4.78 is 11.1. The Bertz CT molecular complexity index is 664. The van der Waals surface area contributed by atoms with Crippen LogP contribution in [-0.2, 0) is 17.5 Å². The fourth-order valence-corrected chi connectivity index (χ4v) is 2.32. The molecule has 7 nitrogen and oxygen atoms in total. The van der Waals surface area contributed by atoms with Gasteiger partial charge in [0, 0.05) is 11.3 Å². The SMILES string of the molecule is CC(C)(C)c1nc(C(C)(C)NCc2nnc(C3CCC3)o2)no1. The zero-order valence-electron chi connectivity index (χ0n) is 14.5. The van der Waals surface area contributed by atoms with Crippen molar-refractivity contribution in [1.29, 1.82) is 0 Å². The zero-order chi connectivity index (χ0) is 16.7. The van der Waals surface area contributed by atoms with Crippen molar-refractivity contribution in [1.82, 2.24) is 25.7 Å². The van der Waals surface area contributed by atoms with Crippen molar-refractivity contribution in [3.8, 4) is 0 Å². The lowest BCUT2D eigenvalue weighted by atomic mass is 9.85. The highest BCUT2D eigenvalue weighted by Crippen LogP contribution is 2.35. The normalized spacial score (nSPS) is 16.6. The number of hydrogen-bond acceptors (Lipinski definition) is 7. The lowest BCUT2D eigenvalue weighted by Crippen LogP contribution is -2.37. The molecule has 0 atom stereocenters. The third-order valence-electron chi connectivity index (χ3n) is 4.25. The van der Waals surface area contributed by atoms with Gasteiger partial charge in [-0.1, -0.05) is 32.3 Å². The Kier molecular flexibility index (Phi) is 4.00. The Morgan fingerprint density at radius 3 is 2.43 bits per heavy atom. The molecule has 0 bridgehead atoms. The Morgan fingerprint density at radius 1 is 1.13 bits per heavy atom. The van der Waals surface area contributed by atoms with Crippen molar-refractivity contribution < 1.29 is 8.94 Å². The van der Waals surface area contributed by atoms with E-state index in [2.05, 4.69) is 25.7 Å². The fraction of sp³-hybridized carbons (Fsp3) is 0.750. The Balaban J connectivity index is 1.64. The molecule has 126 valence electrons. The number of nitrogens with zero attached hydrogens (tertiary/aromatic N) is 4. The van der Waals surface area contributed by atoms with Gasteiger partial charge in [0.25, 0.3) is 0 Å². The maximum absolute atomic E-state index is 5.73. The quantitative estimate of drug-likeness (QED) is 0.905. The van der Waals surface area contributed by atoms with Crippen LogP contribution in [0, 0.1) is 0 Å². The van der Waals surface area contributed by atoms with Gasteiger partial charge in [-0.2, -0.15) is 4.98 Å². The van der Waals surface area contributed by atoms with E-state index in [1.54, 1.807) is 0 Å². The molecule has 1 fully saturated rings. The minimum Gasteiger partial charge on any atom is -0.424 e. The van der Waals surface area contributed by atoms with E-state index in [0.29, 0.717) is 30.1 Å². The highest BCUT2D eigenvalue weighted by Gasteiger charge is 2.30. The molecule has 0 spiro atoms. The number of hydrogen-bond donors (Lipinski definition) is 1. The van der Waals surface area contributed by atoms with Crippen LogP contribution in [0.25, 0.3) is 0 Å². The van der Waals surface area contributed by atoms with Gasteiger partial charge in [-0.15, -0.1) is 10.2 Å². The minimum absolute atomic E-state index is 0.161. The lowest BCUT2D eigenvalue weighted by Gasteiger charge is -2.22.